The number of rotatable bonds is 7. The lowest BCUT2D eigenvalue weighted by Crippen LogP contribution is -2.67. The van der Waals surface area contributed by atoms with E-state index in [-0.39, 0.29) is 12.5 Å². The summed E-state index contributed by atoms with van der Waals surface area (Å²) in [5.74, 6) is -0.547. The zero-order chi connectivity index (χ0) is 22.3. The lowest BCUT2D eigenvalue weighted by atomic mass is 9.76. The highest BCUT2D eigenvalue weighted by Gasteiger charge is 2.55. The predicted octanol–water partition coefficient (Wildman–Crippen LogP) is 4.15. The smallest absolute Gasteiger partial charge is 0.415 e. The highest BCUT2D eigenvalue weighted by atomic mass is 16.6. The van der Waals surface area contributed by atoms with E-state index in [0.29, 0.717) is 25.2 Å². The van der Waals surface area contributed by atoms with Crippen LogP contribution in [-0.4, -0.2) is 55.9 Å². The second-order valence-corrected chi connectivity index (χ2v) is 7.97. The quantitative estimate of drug-likeness (QED) is 0.625. The molecule has 6 heteroatoms. The molecule has 2 aromatic rings. The summed E-state index contributed by atoms with van der Waals surface area (Å²) in [6.07, 6.45) is 0.895. The first kappa shape index (κ1) is 22.8. The second-order valence-electron chi connectivity index (χ2n) is 7.97. The van der Waals surface area contributed by atoms with E-state index in [1.807, 2.05) is 55.5 Å². The first-order valence-electron chi connectivity index (χ1n) is 10.9. The third-order valence-electron chi connectivity index (χ3n) is 6.12. The standard InChI is InChI=1S/C25H32N2O4/c1-4-31-24(29)27(22-13-9-6-10-14-22)25(23(28)30-3)16-18-26(19-20(25)2)17-15-21-11-7-5-8-12-21/h5-14,20H,4,15-19H2,1-3H3/t20-,25-/m0/s1. The zero-order valence-corrected chi connectivity index (χ0v) is 18.6. The third-order valence-corrected chi connectivity index (χ3v) is 6.12. The van der Waals surface area contributed by atoms with Gasteiger partial charge in [-0.15, -0.1) is 0 Å². The van der Waals surface area contributed by atoms with E-state index >= 15 is 0 Å². The number of benzene rings is 2. The molecule has 1 saturated heterocycles. The van der Waals surface area contributed by atoms with Crippen molar-refractivity contribution in [1.82, 2.24) is 4.90 Å². The fourth-order valence-corrected chi connectivity index (χ4v) is 4.51. The Morgan fingerprint density at radius 1 is 1.10 bits per heavy atom. The Morgan fingerprint density at radius 3 is 2.32 bits per heavy atom. The van der Waals surface area contributed by atoms with Gasteiger partial charge in [0.1, 0.15) is 0 Å². The van der Waals surface area contributed by atoms with Crippen LogP contribution in [0.4, 0.5) is 10.5 Å². The average molecular weight is 425 g/mol. The first-order chi connectivity index (χ1) is 15.0. The summed E-state index contributed by atoms with van der Waals surface area (Å²) in [5, 5.41) is 0. The Morgan fingerprint density at radius 2 is 1.74 bits per heavy atom. The van der Waals surface area contributed by atoms with Gasteiger partial charge >= 0.3 is 12.1 Å². The molecule has 3 rings (SSSR count). The Labute approximate surface area is 184 Å². The Hall–Kier alpha value is -2.86. The number of nitrogens with zero attached hydrogens (tertiary/aromatic N) is 2. The largest absolute Gasteiger partial charge is 0.467 e. The zero-order valence-electron chi connectivity index (χ0n) is 18.6. The number of anilines is 1. The summed E-state index contributed by atoms with van der Waals surface area (Å²) in [7, 11) is 1.38. The van der Waals surface area contributed by atoms with Crippen molar-refractivity contribution < 1.29 is 19.1 Å². The lowest BCUT2D eigenvalue weighted by Gasteiger charge is -2.49. The van der Waals surface area contributed by atoms with Gasteiger partial charge in [0.15, 0.2) is 5.54 Å². The fraction of sp³-hybridized carbons (Fsp3) is 0.440. The molecule has 2 aromatic carbocycles. The molecule has 0 aliphatic carbocycles. The van der Waals surface area contributed by atoms with Crippen LogP contribution in [0.1, 0.15) is 25.8 Å². The molecule has 2 atom stereocenters. The molecule has 0 unspecified atom stereocenters. The Bertz CT molecular complexity index is 858. The van der Waals surface area contributed by atoms with Crippen LogP contribution in [0.15, 0.2) is 60.7 Å². The third kappa shape index (κ3) is 4.90. The van der Waals surface area contributed by atoms with E-state index in [1.165, 1.54) is 17.6 Å². The molecule has 0 N–H and O–H groups in total. The minimum Gasteiger partial charge on any atom is -0.467 e. The predicted molar refractivity (Wildman–Crippen MR) is 121 cm³/mol. The van der Waals surface area contributed by atoms with Crippen molar-refractivity contribution in [3.8, 4) is 0 Å². The van der Waals surface area contributed by atoms with Crippen molar-refractivity contribution in [2.45, 2.75) is 32.2 Å². The van der Waals surface area contributed by atoms with Crippen LogP contribution in [0.2, 0.25) is 0 Å². The van der Waals surface area contributed by atoms with E-state index in [2.05, 4.69) is 17.0 Å². The number of hydrogen-bond donors (Lipinski definition) is 0. The van der Waals surface area contributed by atoms with Crippen molar-refractivity contribution in [2.24, 2.45) is 5.92 Å². The van der Waals surface area contributed by atoms with Gasteiger partial charge in [-0.05, 0) is 37.5 Å². The van der Waals surface area contributed by atoms with Gasteiger partial charge in [0, 0.05) is 31.2 Å². The molecule has 6 nitrogen and oxygen atoms in total. The molecular formula is C25H32N2O4. The molecule has 0 saturated carbocycles. The van der Waals surface area contributed by atoms with E-state index in [4.69, 9.17) is 9.47 Å². The van der Waals surface area contributed by atoms with Gasteiger partial charge in [-0.1, -0.05) is 55.5 Å². The van der Waals surface area contributed by atoms with Crippen molar-refractivity contribution in [3.05, 3.63) is 66.2 Å². The number of para-hydroxylation sites is 1. The van der Waals surface area contributed by atoms with Crippen molar-refractivity contribution in [2.75, 3.05) is 38.3 Å². The summed E-state index contributed by atoms with van der Waals surface area (Å²) in [4.78, 5) is 30.2. The second kappa shape index (κ2) is 10.4. The van der Waals surface area contributed by atoms with Gasteiger partial charge < -0.3 is 14.4 Å². The molecular weight excluding hydrogens is 392 g/mol. The van der Waals surface area contributed by atoms with Gasteiger partial charge in [-0.3, -0.25) is 4.90 Å². The summed E-state index contributed by atoms with van der Waals surface area (Å²) in [6.45, 7) is 6.29. The van der Waals surface area contributed by atoms with Crippen LogP contribution >= 0.6 is 0 Å². The summed E-state index contributed by atoms with van der Waals surface area (Å²) < 4.78 is 10.6. The lowest BCUT2D eigenvalue weighted by molar-refractivity contribution is -0.151. The maximum atomic E-state index is 13.2. The summed E-state index contributed by atoms with van der Waals surface area (Å²) in [5.41, 5.74) is 0.805. The molecule has 1 fully saturated rings. The molecule has 166 valence electrons. The van der Waals surface area contributed by atoms with Crippen LogP contribution in [0.25, 0.3) is 0 Å². The Balaban J connectivity index is 1.87. The SMILES string of the molecule is CCOC(=O)N(c1ccccc1)[C@@]1(C(=O)OC)CCN(CCc2ccccc2)C[C@@H]1C. The number of ether oxygens (including phenoxy) is 2. The number of piperidine rings is 1. The molecule has 0 spiro atoms. The van der Waals surface area contributed by atoms with Gasteiger partial charge in [0.2, 0.25) is 0 Å². The van der Waals surface area contributed by atoms with Gasteiger partial charge in [0.05, 0.1) is 13.7 Å². The number of likely N-dealkylation sites (tertiary alicyclic amines) is 1. The molecule has 1 amide bonds. The molecule has 1 aliphatic rings. The van der Waals surface area contributed by atoms with E-state index in [0.717, 1.165) is 13.0 Å². The van der Waals surface area contributed by atoms with Gasteiger partial charge in [-0.25, -0.2) is 9.59 Å². The molecule has 31 heavy (non-hydrogen) atoms. The summed E-state index contributed by atoms with van der Waals surface area (Å²) in [6, 6.07) is 19.6. The number of esters is 1. The number of amides is 1. The minimum absolute atomic E-state index is 0.144. The first-order valence-corrected chi connectivity index (χ1v) is 10.9. The normalized spacial score (nSPS) is 21.3. The van der Waals surface area contributed by atoms with Crippen molar-refractivity contribution in [3.63, 3.8) is 0 Å². The molecule has 0 radical (unpaired) electrons. The monoisotopic (exact) mass is 424 g/mol. The van der Waals surface area contributed by atoms with Crippen molar-refractivity contribution >= 4 is 17.7 Å². The molecule has 0 aromatic heterocycles. The minimum atomic E-state index is -1.12. The van der Waals surface area contributed by atoms with Crippen LogP contribution in [0, 0.1) is 5.92 Å². The van der Waals surface area contributed by atoms with E-state index in [9.17, 15) is 9.59 Å². The molecule has 1 aliphatic heterocycles. The van der Waals surface area contributed by atoms with Crippen LogP contribution in [0.5, 0.6) is 0 Å². The number of methoxy groups -OCH3 is 1. The molecule has 1 heterocycles. The average Bonchev–Trinajstić information content (AvgIpc) is 2.80. The highest BCUT2D eigenvalue weighted by Crippen LogP contribution is 2.39. The van der Waals surface area contributed by atoms with Crippen molar-refractivity contribution in [1.29, 1.82) is 0 Å². The number of hydrogen-bond acceptors (Lipinski definition) is 5. The van der Waals surface area contributed by atoms with Gasteiger partial charge in [0.25, 0.3) is 0 Å². The Kier molecular flexibility index (Phi) is 7.69. The topological polar surface area (TPSA) is 59.1 Å². The maximum Gasteiger partial charge on any atom is 0.415 e. The van der Waals surface area contributed by atoms with Crippen LogP contribution in [0.3, 0.4) is 0 Å². The molecule has 0 bridgehead atoms. The van der Waals surface area contributed by atoms with Gasteiger partial charge in [-0.2, -0.15) is 0 Å². The maximum absolute atomic E-state index is 13.2. The van der Waals surface area contributed by atoms with E-state index in [1.54, 1.807) is 6.92 Å². The summed E-state index contributed by atoms with van der Waals surface area (Å²) >= 11 is 0. The van der Waals surface area contributed by atoms with Crippen LogP contribution in [-0.2, 0) is 20.7 Å². The van der Waals surface area contributed by atoms with Crippen LogP contribution < -0.4 is 4.90 Å². The van der Waals surface area contributed by atoms with E-state index < -0.39 is 17.6 Å². The fourth-order valence-electron chi connectivity index (χ4n) is 4.51. The number of carbonyl (C=O) groups is 2. The number of carbonyl (C=O) groups excluding carboxylic acids is 2. The highest BCUT2D eigenvalue weighted by molar-refractivity contribution is 5.99.